The van der Waals surface area contributed by atoms with Gasteiger partial charge in [0, 0.05) is 18.2 Å². The van der Waals surface area contributed by atoms with Gasteiger partial charge < -0.3 is 15.4 Å². The molecule has 3 rings (SSSR count). The normalized spacial score (nSPS) is 22.6. The third kappa shape index (κ3) is 3.78. The second-order valence-electron chi connectivity index (χ2n) is 7.44. The predicted octanol–water partition coefficient (Wildman–Crippen LogP) is 2.52. The molecule has 25 heavy (non-hydrogen) atoms. The van der Waals surface area contributed by atoms with Gasteiger partial charge in [0.2, 0.25) is 5.91 Å². The number of ether oxygens (including phenoxy) is 1. The van der Waals surface area contributed by atoms with Crippen LogP contribution in [0.15, 0.2) is 18.3 Å². The van der Waals surface area contributed by atoms with E-state index in [1.807, 2.05) is 4.90 Å². The molecule has 2 heterocycles. The van der Waals surface area contributed by atoms with Crippen LogP contribution in [-0.4, -0.2) is 40.9 Å². The summed E-state index contributed by atoms with van der Waals surface area (Å²) in [4.78, 5) is 30.5. The summed E-state index contributed by atoms with van der Waals surface area (Å²) in [5.41, 5.74) is 5.25. The van der Waals surface area contributed by atoms with Gasteiger partial charge in [0.05, 0.1) is 6.04 Å². The minimum Gasteiger partial charge on any atom is -0.489 e. The summed E-state index contributed by atoms with van der Waals surface area (Å²) in [5.74, 6) is 0.0439. The van der Waals surface area contributed by atoms with Crippen molar-refractivity contribution in [3.05, 3.63) is 24.0 Å². The highest BCUT2D eigenvalue weighted by Crippen LogP contribution is 2.39. The highest BCUT2D eigenvalue weighted by molar-refractivity contribution is 5.93. The predicted molar refractivity (Wildman–Crippen MR) is 94.2 cm³/mol. The molecule has 0 bridgehead atoms. The van der Waals surface area contributed by atoms with E-state index in [1.54, 1.807) is 12.1 Å². The van der Waals surface area contributed by atoms with E-state index >= 15 is 0 Å². The molecule has 6 nitrogen and oxygen atoms in total. The van der Waals surface area contributed by atoms with Crippen molar-refractivity contribution in [2.75, 3.05) is 13.2 Å². The number of amides is 2. The summed E-state index contributed by atoms with van der Waals surface area (Å²) in [6, 6.07) is 3.45. The fraction of sp³-hybridized carbons (Fsp3) is 0.632. The van der Waals surface area contributed by atoms with E-state index < -0.39 is 5.91 Å². The van der Waals surface area contributed by atoms with E-state index in [-0.39, 0.29) is 23.1 Å². The fourth-order valence-electron chi connectivity index (χ4n) is 4.05. The molecule has 2 aliphatic rings. The van der Waals surface area contributed by atoms with Gasteiger partial charge in [0.15, 0.2) is 11.4 Å². The lowest BCUT2D eigenvalue weighted by Crippen LogP contribution is -2.47. The average Bonchev–Trinajstić information content (AvgIpc) is 3.08. The third-order valence-electron chi connectivity index (χ3n) is 5.55. The summed E-state index contributed by atoms with van der Waals surface area (Å²) in [7, 11) is 0. The van der Waals surface area contributed by atoms with E-state index in [0.717, 1.165) is 45.1 Å². The molecule has 1 saturated carbocycles. The van der Waals surface area contributed by atoms with Crippen LogP contribution in [0.3, 0.4) is 0 Å². The van der Waals surface area contributed by atoms with Crippen molar-refractivity contribution in [3.63, 3.8) is 0 Å². The Morgan fingerprint density at radius 1 is 1.32 bits per heavy atom. The van der Waals surface area contributed by atoms with E-state index in [2.05, 4.69) is 11.9 Å². The smallest absolute Gasteiger partial charge is 0.271 e. The molecule has 0 radical (unpaired) electrons. The fourth-order valence-corrected chi connectivity index (χ4v) is 4.05. The van der Waals surface area contributed by atoms with Crippen molar-refractivity contribution < 1.29 is 14.3 Å². The Hall–Kier alpha value is -2.11. The molecule has 1 aliphatic heterocycles. The minimum absolute atomic E-state index is 0.0483. The highest BCUT2D eigenvalue weighted by Gasteiger charge is 2.41. The maximum Gasteiger partial charge on any atom is 0.271 e. The molecule has 1 saturated heterocycles. The lowest BCUT2D eigenvalue weighted by Gasteiger charge is -2.37. The van der Waals surface area contributed by atoms with Crippen LogP contribution in [0.1, 0.15) is 62.4 Å². The molecule has 1 unspecified atom stereocenters. The van der Waals surface area contributed by atoms with E-state index in [1.165, 1.54) is 12.6 Å². The van der Waals surface area contributed by atoms with Gasteiger partial charge in [0.25, 0.3) is 5.91 Å². The Labute approximate surface area is 148 Å². The van der Waals surface area contributed by atoms with Gasteiger partial charge in [-0.1, -0.05) is 26.2 Å². The zero-order valence-corrected chi connectivity index (χ0v) is 14.9. The molecule has 1 atom stereocenters. The maximum absolute atomic E-state index is 13.1. The Morgan fingerprint density at radius 2 is 2.08 bits per heavy atom. The number of nitrogens with zero attached hydrogens (tertiary/aromatic N) is 2. The number of carbonyl (C=O) groups excluding carboxylic acids is 2. The van der Waals surface area contributed by atoms with Crippen LogP contribution >= 0.6 is 0 Å². The zero-order chi connectivity index (χ0) is 17.9. The SMILES string of the molecule is CC1(C(=O)N2CCCC2COc2cccnc2C(N)=O)CCCCC1. The molecule has 2 fully saturated rings. The van der Waals surface area contributed by atoms with Crippen molar-refractivity contribution in [1.29, 1.82) is 0 Å². The molecular formula is C19H27N3O3. The zero-order valence-electron chi connectivity index (χ0n) is 14.9. The molecule has 1 aromatic rings. The van der Waals surface area contributed by atoms with Gasteiger partial charge in [0.1, 0.15) is 6.61 Å². The van der Waals surface area contributed by atoms with Gasteiger partial charge in [-0.15, -0.1) is 0 Å². The van der Waals surface area contributed by atoms with E-state index in [4.69, 9.17) is 10.5 Å². The quantitative estimate of drug-likeness (QED) is 0.888. The molecule has 2 amide bonds. The number of pyridine rings is 1. The number of carbonyl (C=O) groups is 2. The second kappa shape index (κ2) is 7.42. The number of hydrogen-bond acceptors (Lipinski definition) is 4. The summed E-state index contributed by atoms with van der Waals surface area (Å²) in [5, 5.41) is 0. The standard InChI is InChI=1S/C19H27N3O3/c1-19(9-3-2-4-10-19)18(24)22-12-6-7-14(22)13-25-15-8-5-11-21-16(15)17(20)23/h5,8,11,14H,2-4,6-7,9-10,12-13H2,1H3,(H2,20,23). The molecule has 0 aromatic carbocycles. The van der Waals surface area contributed by atoms with Gasteiger partial charge >= 0.3 is 0 Å². The summed E-state index contributed by atoms with van der Waals surface area (Å²) < 4.78 is 5.83. The van der Waals surface area contributed by atoms with Crippen molar-refractivity contribution in [1.82, 2.24) is 9.88 Å². The summed E-state index contributed by atoms with van der Waals surface area (Å²) in [6.45, 7) is 3.27. The Morgan fingerprint density at radius 3 is 2.80 bits per heavy atom. The average molecular weight is 345 g/mol. The first-order chi connectivity index (χ1) is 12.0. The first-order valence-electron chi connectivity index (χ1n) is 9.20. The van der Waals surface area contributed by atoms with Crippen LogP contribution in [0.4, 0.5) is 0 Å². The maximum atomic E-state index is 13.1. The second-order valence-corrected chi connectivity index (χ2v) is 7.44. The molecule has 0 spiro atoms. The largest absolute Gasteiger partial charge is 0.489 e. The Kier molecular flexibility index (Phi) is 5.25. The van der Waals surface area contributed by atoms with Crippen LogP contribution in [0, 0.1) is 5.41 Å². The van der Waals surface area contributed by atoms with Crippen LogP contribution in [-0.2, 0) is 4.79 Å². The van der Waals surface area contributed by atoms with Crippen LogP contribution in [0.2, 0.25) is 0 Å². The molecule has 6 heteroatoms. The number of likely N-dealkylation sites (tertiary alicyclic amines) is 1. The number of aromatic nitrogens is 1. The Bertz CT molecular complexity index is 641. The van der Waals surface area contributed by atoms with Crippen molar-refractivity contribution >= 4 is 11.8 Å². The van der Waals surface area contributed by atoms with Crippen LogP contribution in [0.5, 0.6) is 5.75 Å². The molecule has 2 N–H and O–H groups in total. The summed E-state index contributed by atoms with van der Waals surface area (Å²) >= 11 is 0. The van der Waals surface area contributed by atoms with Gasteiger partial charge in [-0.3, -0.25) is 9.59 Å². The van der Waals surface area contributed by atoms with E-state index in [0.29, 0.717) is 12.4 Å². The lowest BCUT2D eigenvalue weighted by atomic mass is 9.74. The van der Waals surface area contributed by atoms with Crippen molar-refractivity contribution in [2.24, 2.45) is 11.1 Å². The van der Waals surface area contributed by atoms with Crippen molar-refractivity contribution in [2.45, 2.75) is 57.9 Å². The molecule has 136 valence electrons. The summed E-state index contributed by atoms with van der Waals surface area (Å²) in [6.07, 6.45) is 8.88. The molecule has 1 aromatic heterocycles. The van der Waals surface area contributed by atoms with E-state index in [9.17, 15) is 9.59 Å². The monoisotopic (exact) mass is 345 g/mol. The number of nitrogens with two attached hydrogens (primary N) is 1. The van der Waals surface area contributed by atoms with Crippen LogP contribution in [0.25, 0.3) is 0 Å². The van der Waals surface area contributed by atoms with Crippen LogP contribution < -0.4 is 10.5 Å². The van der Waals surface area contributed by atoms with Crippen molar-refractivity contribution in [3.8, 4) is 5.75 Å². The topological polar surface area (TPSA) is 85.5 Å². The highest BCUT2D eigenvalue weighted by atomic mass is 16.5. The first-order valence-corrected chi connectivity index (χ1v) is 9.20. The molecular weight excluding hydrogens is 318 g/mol. The number of hydrogen-bond donors (Lipinski definition) is 1. The Balaban J connectivity index is 1.66. The number of primary amides is 1. The first kappa shape index (κ1) is 17.7. The lowest BCUT2D eigenvalue weighted by molar-refractivity contribution is -0.144. The van der Waals surface area contributed by atoms with Gasteiger partial charge in [-0.25, -0.2) is 4.98 Å². The minimum atomic E-state index is -0.607. The molecule has 1 aliphatic carbocycles. The van der Waals surface area contributed by atoms with Gasteiger partial charge in [-0.2, -0.15) is 0 Å². The number of rotatable bonds is 5. The van der Waals surface area contributed by atoms with Gasteiger partial charge in [-0.05, 0) is 37.8 Å². The third-order valence-corrected chi connectivity index (χ3v) is 5.55.